The Balaban J connectivity index is 2.13. The number of aryl methyl sites for hydroxylation is 1. The van der Waals surface area contributed by atoms with E-state index in [0.29, 0.717) is 10.8 Å². The quantitative estimate of drug-likeness (QED) is 0.683. The highest BCUT2D eigenvalue weighted by molar-refractivity contribution is 7.98. The van der Waals surface area contributed by atoms with E-state index >= 15 is 0 Å². The fourth-order valence-corrected chi connectivity index (χ4v) is 2.57. The van der Waals surface area contributed by atoms with Gasteiger partial charge in [-0.05, 0) is 18.1 Å². The number of nitrogens with zero attached hydrogens (tertiary/aromatic N) is 2. The second-order valence-electron chi connectivity index (χ2n) is 3.60. The minimum absolute atomic E-state index is 0.312. The number of thioether (sulfide) groups is 1. The number of rotatable bonds is 3. The highest BCUT2D eigenvalue weighted by atomic mass is 35.5. The molecule has 2 aromatic rings. The van der Waals surface area contributed by atoms with Crippen molar-refractivity contribution >= 4 is 29.1 Å². The van der Waals surface area contributed by atoms with Gasteiger partial charge in [-0.15, -0.1) is 0 Å². The predicted octanol–water partition coefficient (Wildman–Crippen LogP) is 3.31. The highest BCUT2D eigenvalue weighted by Crippen LogP contribution is 2.29. The second kappa shape index (κ2) is 5.38. The molecule has 0 aliphatic rings. The van der Waals surface area contributed by atoms with Crippen LogP contribution in [-0.4, -0.2) is 9.97 Å². The molecule has 17 heavy (non-hydrogen) atoms. The largest absolute Gasteiger partial charge is 0.394 e. The van der Waals surface area contributed by atoms with Crippen molar-refractivity contribution < 1.29 is 0 Å². The van der Waals surface area contributed by atoms with Gasteiger partial charge in [0.05, 0.1) is 0 Å². The molecule has 0 saturated carbocycles. The summed E-state index contributed by atoms with van der Waals surface area (Å²) in [7, 11) is 0. The zero-order valence-electron chi connectivity index (χ0n) is 9.35. The van der Waals surface area contributed by atoms with Crippen LogP contribution in [0, 0.1) is 6.92 Å². The molecule has 0 bridgehead atoms. The normalized spacial score (nSPS) is 10.5. The maximum Gasteiger partial charge on any atom is 0.156 e. The molecule has 1 heterocycles. The van der Waals surface area contributed by atoms with Crippen molar-refractivity contribution in [1.82, 2.24) is 9.97 Å². The molecule has 2 rings (SSSR count). The van der Waals surface area contributed by atoms with Crippen molar-refractivity contribution in [3.8, 4) is 0 Å². The lowest BCUT2D eigenvalue weighted by atomic mass is 10.1. The maximum atomic E-state index is 5.84. The summed E-state index contributed by atoms with van der Waals surface area (Å²) in [6.45, 7) is 2.09. The van der Waals surface area contributed by atoms with Crippen molar-refractivity contribution in [2.24, 2.45) is 0 Å². The van der Waals surface area contributed by atoms with E-state index in [9.17, 15) is 0 Å². The van der Waals surface area contributed by atoms with Crippen LogP contribution in [0.15, 0.2) is 35.6 Å². The number of nitrogens with two attached hydrogens (primary N) is 1. The van der Waals surface area contributed by atoms with Gasteiger partial charge in [0.1, 0.15) is 17.0 Å². The fourth-order valence-electron chi connectivity index (χ4n) is 1.39. The average molecular weight is 266 g/mol. The van der Waals surface area contributed by atoms with Crippen LogP contribution in [0.5, 0.6) is 0 Å². The van der Waals surface area contributed by atoms with Gasteiger partial charge in [0, 0.05) is 5.75 Å². The molecule has 0 aliphatic carbocycles. The summed E-state index contributed by atoms with van der Waals surface area (Å²) in [6.07, 6.45) is 1.43. The van der Waals surface area contributed by atoms with Crippen LogP contribution in [0.25, 0.3) is 0 Å². The van der Waals surface area contributed by atoms with Gasteiger partial charge >= 0.3 is 0 Å². The van der Waals surface area contributed by atoms with E-state index in [4.69, 9.17) is 17.3 Å². The molecule has 0 radical (unpaired) electrons. The highest BCUT2D eigenvalue weighted by Gasteiger charge is 2.07. The minimum Gasteiger partial charge on any atom is -0.394 e. The Hall–Kier alpha value is -1.26. The van der Waals surface area contributed by atoms with Crippen molar-refractivity contribution in [2.45, 2.75) is 17.7 Å². The van der Waals surface area contributed by atoms with Gasteiger partial charge in [-0.1, -0.05) is 47.6 Å². The van der Waals surface area contributed by atoms with Crippen LogP contribution < -0.4 is 5.73 Å². The molecule has 0 amide bonds. The molecule has 0 atom stereocenters. The second-order valence-corrected chi connectivity index (χ2v) is 4.92. The summed E-state index contributed by atoms with van der Waals surface area (Å²) in [5, 5.41) is 1.04. The van der Waals surface area contributed by atoms with Crippen LogP contribution in [0.1, 0.15) is 11.1 Å². The van der Waals surface area contributed by atoms with Crippen LogP contribution >= 0.6 is 23.4 Å². The SMILES string of the molecule is Cc1ccccc1CSc1ncnc(Cl)c1N. The Labute approximate surface area is 109 Å². The van der Waals surface area contributed by atoms with Crippen molar-refractivity contribution in [1.29, 1.82) is 0 Å². The number of hydrogen-bond donors (Lipinski definition) is 1. The number of nitrogen functional groups attached to an aromatic ring is 1. The van der Waals surface area contributed by atoms with Gasteiger partial charge in [0.2, 0.25) is 0 Å². The van der Waals surface area contributed by atoms with Gasteiger partial charge in [0.15, 0.2) is 5.15 Å². The Kier molecular flexibility index (Phi) is 3.86. The Morgan fingerprint density at radius 2 is 2.06 bits per heavy atom. The van der Waals surface area contributed by atoms with E-state index in [1.807, 2.05) is 12.1 Å². The molecule has 5 heteroatoms. The van der Waals surface area contributed by atoms with Crippen LogP contribution in [0.4, 0.5) is 5.69 Å². The molecule has 0 unspecified atom stereocenters. The van der Waals surface area contributed by atoms with E-state index in [1.165, 1.54) is 17.5 Å². The first kappa shape index (κ1) is 12.2. The fraction of sp³-hybridized carbons (Fsp3) is 0.167. The Morgan fingerprint density at radius 1 is 1.29 bits per heavy atom. The van der Waals surface area contributed by atoms with Crippen LogP contribution in [-0.2, 0) is 5.75 Å². The molecule has 0 aliphatic heterocycles. The van der Waals surface area contributed by atoms with Crippen molar-refractivity contribution in [2.75, 3.05) is 5.73 Å². The van der Waals surface area contributed by atoms with E-state index in [2.05, 4.69) is 29.0 Å². The monoisotopic (exact) mass is 265 g/mol. The molecular weight excluding hydrogens is 254 g/mol. The number of aromatic nitrogens is 2. The van der Waals surface area contributed by atoms with Gasteiger partial charge in [-0.25, -0.2) is 9.97 Å². The summed E-state index contributed by atoms with van der Waals surface area (Å²) < 4.78 is 0. The summed E-state index contributed by atoms with van der Waals surface area (Å²) in [5.41, 5.74) is 8.79. The summed E-state index contributed by atoms with van der Waals surface area (Å²) in [5.74, 6) is 0.824. The zero-order valence-corrected chi connectivity index (χ0v) is 10.9. The molecule has 88 valence electrons. The van der Waals surface area contributed by atoms with E-state index in [0.717, 1.165) is 10.8 Å². The lowest BCUT2D eigenvalue weighted by molar-refractivity contribution is 1.05. The Bertz CT molecular complexity index is 531. The topological polar surface area (TPSA) is 51.8 Å². The Morgan fingerprint density at radius 3 is 2.82 bits per heavy atom. The molecule has 0 spiro atoms. The third-order valence-electron chi connectivity index (χ3n) is 2.42. The number of halogens is 1. The third-order valence-corrected chi connectivity index (χ3v) is 3.78. The third kappa shape index (κ3) is 2.90. The van der Waals surface area contributed by atoms with Crippen LogP contribution in [0.2, 0.25) is 5.15 Å². The summed E-state index contributed by atoms with van der Waals surface area (Å²) >= 11 is 7.41. The number of hydrogen-bond acceptors (Lipinski definition) is 4. The first-order valence-electron chi connectivity index (χ1n) is 5.11. The number of anilines is 1. The zero-order chi connectivity index (χ0) is 12.3. The smallest absolute Gasteiger partial charge is 0.156 e. The van der Waals surface area contributed by atoms with E-state index in [1.54, 1.807) is 11.8 Å². The van der Waals surface area contributed by atoms with Crippen molar-refractivity contribution in [3.63, 3.8) is 0 Å². The molecule has 1 aromatic carbocycles. The van der Waals surface area contributed by atoms with Gasteiger partial charge < -0.3 is 5.73 Å². The lowest BCUT2D eigenvalue weighted by Crippen LogP contribution is -1.96. The van der Waals surface area contributed by atoms with Crippen LogP contribution in [0.3, 0.4) is 0 Å². The lowest BCUT2D eigenvalue weighted by Gasteiger charge is -2.06. The average Bonchev–Trinajstić information content (AvgIpc) is 2.33. The van der Waals surface area contributed by atoms with Gasteiger partial charge in [-0.3, -0.25) is 0 Å². The molecule has 0 fully saturated rings. The first-order valence-corrected chi connectivity index (χ1v) is 6.48. The van der Waals surface area contributed by atoms with Crippen molar-refractivity contribution in [3.05, 3.63) is 46.9 Å². The minimum atomic E-state index is 0.312. The molecule has 0 saturated heterocycles. The number of benzene rings is 1. The summed E-state index contributed by atoms with van der Waals surface area (Å²) in [6, 6.07) is 8.24. The molecule has 2 N–H and O–H groups in total. The standard InChI is InChI=1S/C12H12ClN3S/c1-8-4-2-3-5-9(8)6-17-12-10(14)11(13)15-7-16-12/h2-5,7H,6,14H2,1H3. The van der Waals surface area contributed by atoms with Gasteiger partial charge in [-0.2, -0.15) is 0 Å². The maximum absolute atomic E-state index is 5.84. The van der Waals surface area contributed by atoms with E-state index < -0.39 is 0 Å². The first-order chi connectivity index (χ1) is 8.18. The molecular formula is C12H12ClN3S. The summed E-state index contributed by atoms with van der Waals surface area (Å²) in [4.78, 5) is 7.95. The van der Waals surface area contributed by atoms with E-state index in [-0.39, 0.29) is 0 Å². The molecule has 3 nitrogen and oxygen atoms in total. The molecule has 1 aromatic heterocycles. The van der Waals surface area contributed by atoms with Gasteiger partial charge in [0.25, 0.3) is 0 Å². The predicted molar refractivity (Wildman–Crippen MR) is 72.2 cm³/mol.